The van der Waals surface area contributed by atoms with Gasteiger partial charge in [-0.1, -0.05) is 17.7 Å². The third-order valence-corrected chi connectivity index (χ3v) is 3.51. The average molecular weight is 292 g/mol. The van der Waals surface area contributed by atoms with Crippen molar-refractivity contribution in [3.05, 3.63) is 65.9 Å². The van der Waals surface area contributed by atoms with Gasteiger partial charge in [-0.15, -0.1) is 0 Å². The number of carbonyl (C=O) groups is 1. The van der Waals surface area contributed by atoms with Crippen LogP contribution in [0.2, 0.25) is 0 Å². The second-order valence-corrected chi connectivity index (χ2v) is 5.04. The lowest BCUT2D eigenvalue weighted by Crippen LogP contribution is -2.12. The molecule has 1 amide bonds. The lowest BCUT2D eigenvalue weighted by molar-refractivity contribution is 0.102. The Morgan fingerprint density at radius 1 is 1.09 bits per heavy atom. The third-order valence-electron chi connectivity index (χ3n) is 3.51. The number of rotatable bonds is 3. The molecular weight excluding hydrogens is 276 g/mol. The van der Waals surface area contributed by atoms with E-state index in [2.05, 4.69) is 10.3 Å². The molecule has 22 heavy (non-hydrogen) atoms. The maximum absolute atomic E-state index is 12.4. The van der Waals surface area contributed by atoms with Gasteiger partial charge < -0.3 is 10.1 Å². The van der Waals surface area contributed by atoms with E-state index in [1.54, 1.807) is 19.4 Å². The van der Waals surface area contributed by atoms with Gasteiger partial charge in [-0.25, -0.2) is 0 Å². The number of aryl methyl sites for hydroxylation is 1. The number of nitrogens with one attached hydrogen (secondary N) is 1. The summed E-state index contributed by atoms with van der Waals surface area (Å²) < 4.78 is 5.31. The van der Waals surface area contributed by atoms with Gasteiger partial charge in [0.25, 0.3) is 5.91 Å². The predicted molar refractivity (Wildman–Crippen MR) is 87.4 cm³/mol. The van der Waals surface area contributed by atoms with Gasteiger partial charge in [0.15, 0.2) is 0 Å². The minimum Gasteiger partial charge on any atom is -0.494 e. The van der Waals surface area contributed by atoms with Crippen molar-refractivity contribution in [2.75, 3.05) is 12.4 Å². The molecule has 0 aliphatic carbocycles. The van der Waals surface area contributed by atoms with Gasteiger partial charge >= 0.3 is 0 Å². The number of anilines is 1. The minimum atomic E-state index is -0.143. The quantitative estimate of drug-likeness (QED) is 0.798. The van der Waals surface area contributed by atoms with Crippen molar-refractivity contribution in [2.45, 2.75) is 6.92 Å². The lowest BCUT2D eigenvalue weighted by atomic mass is 10.1. The summed E-state index contributed by atoms with van der Waals surface area (Å²) in [6.07, 6.45) is 1.70. The smallest absolute Gasteiger partial charge is 0.255 e. The Balaban J connectivity index is 1.97. The molecular formula is C18H16N2O2. The summed E-state index contributed by atoms with van der Waals surface area (Å²) >= 11 is 0. The van der Waals surface area contributed by atoms with Gasteiger partial charge in [-0.2, -0.15) is 0 Å². The van der Waals surface area contributed by atoms with Crippen LogP contribution >= 0.6 is 0 Å². The van der Waals surface area contributed by atoms with E-state index in [0.29, 0.717) is 11.3 Å². The van der Waals surface area contributed by atoms with E-state index in [0.717, 1.165) is 22.2 Å². The summed E-state index contributed by atoms with van der Waals surface area (Å²) in [4.78, 5) is 16.7. The van der Waals surface area contributed by atoms with Crippen LogP contribution in [0.5, 0.6) is 5.75 Å². The van der Waals surface area contributed by atoms with E-state index < -0.39 is 0 Å². The summed E-state index contributed by atoms with van der Waals surface area (Å²) in [5.74, 6) is 0.541. The van der Waals surface area contributed by atoms with Crippen molar-refractivity contribution in [3.63, 3.8) is 0 Å². The first-order valence-corrected chi connectivity index (χ1v) is 6.99. The first-order valence-electron chi connectivity index (χ1n) is 6.99. The second-order valence-electron chi connectivity index (χ2n) is 5.04. The van der Waals surface area contributed by atoms with Crippen molar-refractivity contribution in [1.82, 2.24) is 4.98 Å². The normalized spacial score (nSPS) is 10.5. The zero-order valence-electron chi connectivity index (χ0n) is 12.5. The van der Waals surface area contributed by atoms with Crippen molar-refractivity contribution < 1.29 is 9.53 Å². The molecule has 4 heteroatoms. The molecule has 0 saturated carbocycles. The van der Waals surface area contributed by atoms with Crippen LogP contribution in [0.25, 0.3) is 10.9 Å². The van der Waals surface area contributed by atoms with Gasteiger partial charge in [0.1, 0.15) is 11.3 Å². The van der Waals surface area contributed by atoms with Crippen LogP contribution < -0.4 is 10.1 Å². The Kier molecular flexibility index (Phi) is 3.74. The largest absolute Gasteiger partial charge is 0.494 e. The molecule has 2 aromatic carbocycles. The molecule has 0 spiro atoms. The van der Waals surface area contributed by atoms with Gasteiger partial charge in [-0.3, -0.25) is 9.78 Å². The van der Waals surface area contributed by atoms with Gasteiger partial charge in [0.2, 0.25) is 0 Å². The number of pyridine rings is 1. The third kappa shape index (κ3) is 2.63. The molecule has 0 saturated heterocycles. The topological polar surface area (TPSA) is 51.2 Å². The number of hydrogen-bond acceptors (Lipinski definition) is 3. The van der Waals surface area contributed by atoms with E-state index in [1.807, 2.05) is 49.4 Å². The maximum Gasteiger partial charge on any atom is 0.255 e. The zero-order chi connectivity index (χ0) is 15.5. The van der Waals surface area contributed by atoms with Gasteiger partial charge in [-0.05, 0) is 43.3 Å². The maximum atomic E-state index is 12.4. The number of aromatic nitrogens is 1. The average Bonchev–Trinajstić information content (AvgIpc) is 2.55. The van der Waals surface area contributed by atoms with Crippen LogP contribution in [0.4, 0.5) is 5.69 Å². The second kappa shape index (κ2) is 5.85. The van der Waals surface area contributed by atoms with Crippen LogP contribution in [0.1, 0.15) is 15.9 Å². The molecule has 1 aromatic heterocycles. The molecule has 1 N–H and O–H groups in total. The van der Waals surface area contributed by atoms with Crippen LogP contribution in [-0.4, -0.2) is 18.0 Å². The Hall–Kier alpha value is -2.88. The van der Waals surface area contributed by atoms with E-state index >= 15 is 0 Å². The van der Waals surface area contributed by atoms with E-state index in [4.69, 9.17) is 4.74 Å². The van der Waals surface area contributed by atoms with Crippen LogP contribution in [0, 0.1) is 6.92 Å². The first-order chi connectivity index (χ1) is 10.7. The monoisotopic (exact) mass is 292 g/mol. The van der Waals surface area contributed by atoms with Crippen molar-refractivity contribution >= 4 is 22.5 Å². The predicted octanol–water partition coefficient (Wildman–Crippen LogP) is 3.80. The number of nitrogens with zero attached hydrogens (tertiary/aromatic N) is 1. The highest BCUT2D eigenvalue weighted by atomic mass is 16.5. The van der Waals surface area contributed by atoms with Crippen molar-refractivity contribution in [1.29, 1.82) is 0 Å². The fourth-order valence-corrected chi connectivity index (χ4v) is 2.32. The Labute approximate surface area is 128 Å². The van der Waals surface area contributed by atoms with Gasteiger partial charge in [0.05, 0.1) is 12.8 Å². The summed E-state index contributed by atoms with van der Waals surface area (Å²) in [5.41, 5.74) is 3.19. The van der Waals surface area contributed by atoms with E-state index in [-0.39, 0.29) is 5.91 Å². The SMILES string of the molecule is COc1ccc(NC(=O)c2ccc(C)cc2)c2cccnc12. The van der Waals surface area contributed by atoms with Gasteiger partial charge in [0, 0.05) is 17.1 Å². The van der Waals surface area contributed by atoms with Crippen molar-refractivity contribution in [2.24, 2.45) is 0 Å². The molecule has 0 radical (unpaired) electrons. The molecule has 0 unspecified atom stereocenters. The number of fused-ring (bicyclic) bond motifs is 1. The van der Waals surface area contributed by atoms with Crippen LogP contribution in [0.3, 0.4) is 0 Å². The fraction of sp³-hybridized carbons (Fsp3) is 0.111. The zero-order valence-corrected chi connectivity index (χ0v) is 12.5. The number of methoxy groups -OCH3 is 1. The highest BCUT2D eigenvalue weighted by molar-refractivity contribution is 6.09. The fourth-order valence-electron chi connectivity index (χ4n) is 2.32. The van der Waals surface area contributed by atoms with Crippen LogP contribution in [-0.2, 0) is 0 Å². The lowest BCUT2D eigenvalue weighted by Gasteiger charge is -2.11. The summed E-state index contributed by atoms with van der Waals surface area (Å²) in [6.45, 7) is 1.99. The highest BCUT2D eigenvalue weighted by Crippen LogP contribution is 2.29. The molecule has 3 aromatic rings. The van der Waals surface area contributed by atoms with Crippen LogP contribution in [0.15, 0.2) is 54.7 Å². The number of carbonyl (C=O) groups excluding carboxylic acids is 1. The molecule has 1 heterocycles. The highest BCUT2D eigenvalue weighted by Gasteiger charge is 2.11. The molecule has 3 rings (SSSR count). The summed E-state index contributed by atoms with van der Waals surface area (Å²) in [7, 11) is 1.61. The van der Waals surface area contributed by atoms with E-state index in [1.165, 1.54) is 0 Å². The minimum absolute atomic E-state index is 0.143. The number of ether oxygens (including phenoxy) is 1. The molecule has 0 aliphatic rings. The number of amides is 1. The Bertz CT molecular complexity index is 826. The van der Waals surface area contributed by atoms with E-state index in [9.17, 15) is 4.79 Å². The Morgan fingerprint density at radius 2 is 1.86 bits per heavy atom. The standard InChI is InChI=1S/C18H16N2O2/c1-12-5-7-13(8-6-12)18(21)20-15-9-10-16(22-2)17-14(15)4-3-11-19-17/h3-11H,1-2H3,(H,20,21). The molecule has 0 fully saturated rings. The molecule has 0 atom stereocenters. The van der Waals surface area contributed by atoms with Crippen molar-refractivity contribution in [3.8, 4) is 5.75 Å². The summed E-state index contributed by atoms with van der Waals surface area (Å²) in [5, 5.41) is 3.79. The summed E-state index contributed by atoms with van der Waals surface area (Å²) in [6, 6.07) is 14.8. The Morgan fingerprint density at radius 3 is 2.59 bits per heavy atom. The molecule has 110 valence electrons. The number of benzene rings is 2. The molecule has 0 bridgehead atoms. The molecule has 0 aliphatic heterocycles. The molecule has 4 nitrogen and oxygen atoms in total. The number of hydrogen-bond donors (Lipinski definition) is 1. The first kappa shape index (κ1) is 14.1.